The van der Waals surface area contributed by atoms with Gasteiger partial charge < -0.3 is 14.4 Å². The van der Waals surface area contributed by atoms with Crippen molar-refractivity contribution in [2.24, 2.45) is 4.99 Å². The summed E-state index contributed by atoms with van der Waals surface area (Å²) in [6, 6.07) is 0. The zero-order valence-corrected chi connectivity index (χ0v) is 7.06. The lowest BCUT2D eigenvalue weighted by molar-refractivity contribution is -0.139. The number of ether oxygens (including phenoxy) is 2. The molecule has 0 aromatic heterocycles. The first-order chi connectivity index (χ1) is 6.33. The van der Waals surface area contributed by atoms with Gasteiger partial charge in [-0.15, -0.1) is 0 Å². The second kappa shape index (κ2) is 2.93. The number of methoxy groups -OCH3 is 1. The standard InChI is InChI=1S/C8H8N2O3/c1-12-8(11)6-7-9-2-3-10(7)4-5-13-6/h2,4-5H,3H2,1H3. The highest BCUT2D eigenvalue weighted by atomic mass is 16.6. The molecule has 0 spiro atoms. The minimum atomic E-state index is -0.511. The molecule has 13 heavy (non-hydrogen) atoms. The zero-order chi connectivity index (χ0) is 9.26. The van der Waals surface area contributed by atoms with Crippen LogP contribution < -0.4 is 0 Å². The highest BCUT2D eigenvalue weighted by molar-refractivity contribution is 5.88. The molecule has 0 bridgehead atoms. The van der Waals surface area contributed by atoms with E-state index in [2.05, 4.69) is 9.73 Å². The van der Waals surface area contributed by atoms with E-state index in [9.17, 15) is 4.79 Å². The Hall–Kier alpha value is -1.78. The number of aliphatic imine (C=N–C) groups is 1. The maximum absolute atomic E-state index is 11.2. The first-order valence-corrected chi connectivity index (χ1v) is 3.78. The van der Waals surface area contributed by atoms with Crippen LogP contribution >= 0.6 is 0 Å². The van der Waals surface area contributed by atoms with Gasteiger partial charge in [-0.25, -0.2) is 9.79 Å². The number of carbonyl (C=O) groups excluding carboxylic acids is 1. The lowest BCUT2D eigenvalue weighted by atomic mass is 10.4. The topological polar surface area (TPSA) is 51.1 Å². The number of nitrogens with zero attached hydrogens (tertiary/aromatic N) is 2. The lowest BCUT2D eigenvalue weighted by Crippen LogP contribution is -2.21. The molecule has 0 saturated heterocycles. The third-order valence-electron chi connectivity index (χ3n) is 1.76. The average molecular weight is 180 g/mol. The fourth-order valence-electron chi connectivity index (χ4n) is 1.15. The van der Waals surface area contributed by atoms with Gasteiger partial charge >= 0.3 is 5.97 Å². The molecule has 0 aliphatic carbocycles. The van der Waals surface area contributed by atoms with E-state index in [1.807, 2.05) is 0 Å². The van der Waals surface area contributed by atoms with Crippen LogP contribution in [0.3, 0.4) is 0 Å². The van der Waals surface area contributed by atoms with Crippen molar-refractivity contribution in [3.8, 4) is 0 Å². The van der Waals surface area contributed by atoms with Gasteiger partial charge in [0.1, 0.15) is 6.26 Å². The fraction of sp³-hybridized carbons (Fsp3) is 0.250. The second-order valence-electron chi connectivity index (χ2n) is 2.51. The summed E-state index contributed by atoms with van der Waals surface area (Å²) < 4.78 is 9.56. The highest BCUT2D eigenvalue weighted by Crippen LogP contribution is 2.22. The molecular formula is C8H8N2O3. The van der Waals surface area contributed by atoms with Crippen LogP contribution in [0, 0.1) is 0 Å². The van der Waals surface area contributed by atoms with Gasteiger partial charge in [-0.05, 0) is 0 Å². The van der Waals surface area contributed by atoms with Crippen LogP contribution in [0.5, 0.6) is 0 Å². The summed E-state index contributed by atoms with van der Waals surface area (Å²) in [5.41, 5.74) is 0. The van der Waals surface area contributed by atoms with Crippen molar-refractivity contribution >= 4 is 12.2 Å². The molecule has 0 aromatic rings. The minimum absolute atomic E-state index is 0.138. The average Bonchev–Trinajstić information content (AvgIpc) is 2.63. The van der Waals surface area contributed by atoms with Gasteiger partial charge in [0.2, 0.25) is 0 Å². The molecule has 0 amide bonds. The third kappa shape index (κ3) is 1.18. The number of fused-ring (bicyclic) bond motifs is 1. The quantitative estimate of drug-likeness (QED) is 0.541. The smallest absolute Gasteiger partial charge is 0.377 e. The number of rotatable bonds is 1. The maximum Gasteiger partial charge on any atom is 0.377 e. The number of carbonyl (C=O) groups is 1. The van der Waals surface area contributed by atoms with Gasteiger partial charge in [-0.3, -0.25) is 0 Å². The van der Waals surface area contributed by atoms with Crippen molar-refractivity contribution in [2.45, 2.75) is 0 Å². The Kier molecular flexibility index (Phi) is 1.77. The Balaban J connectivity index is 2.34. The first-order valence-electron chi connectivity index (χ1n) is 3.78. The lowest BCUT2D eigenvalue weighted by Gasteiger charge is -2.19. The summed E-state index contributed by atoms with van der Waals surface area (Å²) in [5, 5.41) is 0. The summed E-state index contributed by atoms with van der Waals surface area (Å²) in [6.07, 6.45) is 4.86. The van der Waals surface area contributed by atoms with E-state index in [4.69, 9.17) is 4.74 Å². The van der Waals surface area contributed by atoms with Crippen molar-refractivity contribution in [2.75, 3.05) is 13.7 Å². The van der Waals surface area contributed by atoms with Gasteiger partial charge in [-0.1, -0.05) is 0 Å². The molecule has 0 fully saturated rings. The molecular weight excluding hydrogens is 172 g/mol. The molecule has 2 rings (SSSR count). The van der Waals surface area contributed by atoms with Crippen molar-refractivity contribution in [1.29, 1.82) is 0 Å². The van der Waals surface area contributed by atoms with Crippen LogP contribution in [0.25, 0.3) is 0 Å². The second-order valence-corrected chi connectivity index (χ2v) is 2.51. The number of hydrogen-bond acceptors (Lipinski definition) is 5. The fourth-order valence-corrected chi connectivity index (χ4v) is 1.15. The third-order valence-corrected chi connectivity index (χ3v) is 1.76. The van der Waals surface area contributed by atoms with Gasteiger partial charge in [0.15, 0.2) is 5.82 Å². The van der Waals surface area contributed by atoms with E-state index < -0.39 is 5.97 Å². The predicted molar refractivity (Wildman–Crippen MR) is 44.5 cm³/mol. The van der Waals surface area contributed by atoms with Crippen LogP contribution in [0.4, 0.5) is 0 Å². The zero-order valence-electron chi connectivity index (χ0n) is 7.06. The molecule has 0 atom stereocenters. The highest BCUT2D eigenvalue weighted by Gasteiger charge is 2.26. The Morgan fingerprint density at radius 2 is 2.62 bits per heavy atom. The van der Waals surface area contributed by atoms with E-state index in [-0.39, 0.29) is 5.76 Å². The van der Waals surface area contributed by atoms with Crippen LogP contribution in [0.1, 0.15) is 0 Å². The summed E-state index contributed by atoms with van der Waals surface area (Å²) in [6.45, 7) is 0.662. The normalized spacial score (nSPS) is 18.7. The molecule has 0 N–H and O–H groups in total. The summed E-state index contributed by atoms with van der Waals surface area (Å²) in [4.78, 5) is 17.0. The van der Waals surface area contributed by atoms with Gasteiger partial charge in [0, 0.05) is 12.4 Å². The summed E-state index contributed by atoms with van der Waals surface area (Å²) in [5.74, 6) is 0.136. The van der Waals surface area contributed by atoms with E-state index in [1.165, 1.54) is 13.4 Å². The minimum Gasteiger partial charge on any atom is -0.463 e. The number of esters is 1. The number of hydrogen-bond donors (Lipinski definition) is 0. The van der Waals surface area contributed by atoms with Gasteiger partial charge in [0.25, 0.3) is 5.76 Å². The Morgan fingerprint density at radius 3 is 3.38 bits per heavy atom. The molecule has 5 nitrogen and oxygen atoms in total. The first kappa shape index (κ1) is 7.85. The Labute approximate surface area is 74.9 Å². The molecule has 0 unspecified atom stereocenters. The molecule has 0 saturated carbocycles. The van der Waals surface area contributed by atoms with E-state index in [0.29, 0.717) is 12.4 Å². The Bertz CT molecular complexity index is 330. The monoisotopic (exact) mass is 180 g/mol. The maximum atomic E-state index is 11.2. The Morgan fingerprint density at radius 1 is 1.77 bits per heavy atom. The summed E-state index contributed by atoms with van der Waals surface area (Å²) >= 11 is 0. The van der Waals surface area contributed by atoms with Crippen LogP contribution in [0.2, 0.25) is 0 Å². The SMILES string of the molecule is COC(=O)C1=C2N=CCN2C=CO1. The largest absolute Gasteiger partial charge is 0.463 e. The van der Waals surface area contributed by atoms with Gasteiger partial charge in [-0.2, -0.15) is 0 Å². The van der Waals surface area contributed by atoms with Crippen molar-refractivity contribution in [3.05, 3.63) is 24.0 Å². The van der Waals surface area contributed by atoms with Crippen LogP contribution in [-0.4, -0.2) is 30.7 Å². The van der Waals surface area contributed by atoms with Gasteiger partial charge in [0.05, 0.1) is 13.7 Å². The molecule has 2 heterocycles. The molecule has 0 radical (unpaired) electrons. The molecule has 0 aromatic carbocycles. The van der Waals surface area contributed by atoms with Crippen LogP contribution in [-0.2, 0) is 14.3 Å². The van der Waals surface area contributed by atoms with E-state index in [1.54, 1.807) is 17.3 Å². The van der Waals surface area contributed by atoms with Crippen molar-refractivity contribution < 1.29 is 14.3 Å². The van der Waals surface area contributed by atoms with Crippen molar-refractivity contribution in [1.82, 2.24) is 4.90 Å². The van der Waals surface area contributed by atoms with Crippen molar-refractivity contribution in [3.63, 3.8) is 0 Å². The molecule has 68 valence electrons. The van der Waals surface area contributed by atoms with E-state index in [0.717, 1.165) is 0 Å². The van der Waals surface area contributed by atoms with Crippen LogP contribution in [0.15, 0.2) is 29.0 Å². The predicted octanol–water partition coefficient (Wildman–Crippen LogP) is 0.216. The van der Waals surface area contributed by atoms with E-state index >= 15 is 0 Å². The summed E-state index contributed by atoms with van der Waals surface area (Å²) in [7, 11) is 1.31. The molecule has 5 heteroatoms. The molecule has 2 aliphatic heterocycles. The molecule has 2 aliphatic rings.